The molecule has 1 aliphatic carbocycles. The molecular weight excluding hydrogens is 78.0 g/mol. The third-order valence-corrected chi connectivity index (χ3v) is 1.03. The first-order valence-corrected chi connectivity index (χ1v) is 2.13. The van der Waals surface area contributed by atoms with Gasteiger partial charge in [-0.05, 0) is 25.3 Å². The van der Waals surface area contributed by atoms with Crippen LogP contribution in [0, 0.1) is 5.92 Å². The Labute approximate surface area is 37.6 Å². The average molecular weight is 89.1 g/mol. The molecule has 2 nitrogen and oxygen atoms in total. The summed E-state index contributed by atoms with van der Waals surface area (Å²) >= 11 is 0. The van der Waals surface area contributed by atoms with Gasteiger partial charge < -0.3 is 11.2 Å². The van der Waals surface area contributed by atoms with Gasteiger partial charge in [0.25, 0.3) is 0 Å². The molecule has 2 heteroatoms. The highest BCUT2D eigenvalue weighted by atomic mass is 16.0. The van der Waals surface area contributed by atoms with Crippen LogP contribution in [0.1, 0.15) is 12.8 Å². The van der Waals surface area contributed by atoms with Crippen molar-refractivity contribution in [2.45, 2.75) is 12.8 Å². The fourth-order valence-corrected chi connectivity index (χ4v) is 0.354. The molecule has 0 aromatic rings. The lowest BCUT2D eigenvalue weighted by Crippen LogP contribution is -1.98. The fraction of sp³-hybridized carbons (Fsp3) is 1.00. The van der Waals surface area contributed by atoms with Crippen LogP contribution < -0.4 is 5.73 Å². The van der Waals surface area contributed by atoms with Crippen molar-refractivity contribution >= 4 is 0 Å². The Hall–Kier alpha value is -0.0800. The second-order valence-corrected chi connectivity index (χ2v) is 1.68. The van der Waals surface area contributed by atoms with Crippen LogP contribution in [-0.4, -0.2) is 12.0 Å². The molecule has 0 spiro atoms. The van der Waals surface area contributed by atoms with E-state index in [0.717, 1.165) is 12.5 Å². The molecule has 0 aromatic carbocycles. The average Bonchev–Trinajstić information content (AvgIpc) is 2.12. The van der Waals surface area contributed by atoms with Crippen molar-refractivity contribution in [1.82, 2.24) is 0 Å². The van der Waals surface area contributed by atoms with Gasteiger partial charge in [0.15, 0.2) is 0 Å². The van der Waals surface area contributed by atoms with E-state index in [0.29, 0.717) is 0 Å². The molecule has 0 amide bonds. The van der Waals surface area contributed by atoms with Gasteiger partial charge in [-0.1, -0.05) is 0 Å². The van der Waals surface area contributed by atoms with Crippen molar-refractivity contribution < 1.29 is 5.48 Å². The van der Waals surface area contributed by atoms with Crippen molar-refractivity contribution in [1.29, 1.82) is 0 Å². The lowest BCUT2D eigenvalue weighted by molar-refractivity contribution is 0.824. The molecule has 0 aromatic heterocycles. The fourth-order valence-electron chi connectivity index (χ4n) is 0.354. The normalized spacial score (nSPS) is 19.5. The minimum Gasteiger partial charge on any atom is -0.412 e. The first kappa shape index (κ1) is 5.92. The largest absolute Gasteiger partial charge is 0.412 e. The summed E-state index contributed by atoms with van der Waals surface area (Å²) in [5.74, 6) is 0.912. The zero-order chi connectivity index (χ0) is 3.70. The van der Waals surface area contributed by atoms with E-state index >= 15 is 0 Å². The summed E-state index contributed by atoms with van der Waals surface area (Å²) in [4.78, 5) is 0. The van der Waals surface area contributed by atoms with Crippen LogP contribution in [0.4, 0.5) is 0 Å². The van der Waals surface area contributed by atoms with Gasteiger partial charge in [-0.2, -0.15) is 0 Å². The summed E-state index contributed by atoms with van der Waals surface area (Å²) in [6.45, 7) is 0.917. The monoisotopic (exact) mass is 89.1 g/mol. The van der Waals surface area contributed by atoms with E-state index in [9.17, 15) is 0 Å². The zero-order valence-corrected chi connectivity index (χ0v) is 3.78. The van der Waals surface area contributed by atoms with Crippen LogP contribution in [-0.2, 0) is 0 Å². The Morgan fingerprint density at radius 1 is 1.50 bits per heavy atom. The molecule has 1 saturated carbocycles. The van der Waals surface area contributed by atoms with E-state index in [-0.39, 0.29) is 5.48 Å². The van der Waals surface area contributed by atoms with E-state index in [2.05, 4.69) is 0 Å². The predicted octanol–water partition coefficient (Wildman–Crippen LogP) is -0.470. The second-order valence-electron chi connectivity index (χ2n) is 1.68. The van der Waals surface area contributed by atoms with E-state index in [1.165, 1.54) is 12.8 Å². The van der Waals surface area contributed by atoms with E-state index in [1.807, 2.05) is 0 Å². The highest BCUT2D eigenvalue weighted by Crippen LogP contribution is 2.26. The maximum Gasteiger partial charge on any atom is -0.00489 e. The molecule has 1 fully saturated rings. The minimum atomic E-state index is 0. The first-order valence-electron chi connectivity index (χ1n) is 2.13. The van der Waals surface area contributed by atoms with Crippen molar-refractivity contribution in [2.75, 3.05) is 6.54 Å². The van der Waals surface area contributed by atoms with Crippen molar-refractivity contribution in [2.24, 2.45) is 11.7 Å². The van der Waals surface area contributed by atoms with Crippen LogP contribution >= 0.6 is 0 Å². The van der Waals surface area contributed by atoms with Gasteiger partial charge in [-0.25, -0.2) is 0 Å². The molecule has 0 aliphatic heterocycles. The summed E-state index contributed by atoms with van der Waals surface area (Å²) in [6, 6.07) is 0. The van der Waals surface area contributed by atoms with Gasteiger partial charge in [0.05, 0.1) is 0 Å². The maximum atomic E-state index is 5.23. The molecule has 1 aliphatic rings. The summed E-state index contributed by atoms with van der Waals surface area (Å²) in [5.41, 5.74) is 5.23. The van der Waals surface area contributed by atoms with Crippen LogP contribution in [0.25, 0.3) is 0 Å². The number of nitrogens with two attached hydrogens (primary N) is 1. The van der Waals surface area contributed by atoms with Crippen molar-refractivity contribution in [3.63, 3.8) is 0 Å². The van der Waals surface area contributed by atoms with Gasteiger partial charge in [0, 0.05) is 0 Å². The smallest absolute Gasteiger partial charge is 0.00489 e. The Balaban J connectivity index is 0.000000250. The van der Waals surface area contributed by atoms with Gasteiger partial charge in [0.1, 0.15) is 0 Å². The third-order valence-electron chi connectivity index (χ3n) is 1.03. The molecule has 0 atom stereocenters. The van der Waals surface area contributed by atoms with Crippen LogP contribution in [0.2, 0.25) is 0 Å². The first-order chi connectivity index (χ1) is 2.43. The minimum absolute atomic E-state index is 0. The molecule has 4 N–H and O–H groups in total. The highest BCUT2D eigenvalue weighted by molar-refractivity contribution is 4.72. The summed E-state index contributed by atoms with van der Waals surface area (Å²) < 4.78 is 0. The summed E-state index contributed by atoms with van der Waals surface area (Å²) in [6.07, 6.45) is 2.77. The Bertz CT molecular complexity index is 34.5. The third kappa shape index (κ3) is 1.38. The van der Waals surface area contributed by atoms with Crippen LogP contribution in [0.15, 0.2) is 0 Å². The van der Waals surface area contributed by atoms with Crippen LogP contribution in [0.5, 0.6) is 0 Å². The lowest BCUT2D eigenvalue weighted by Gasteiger charge is -1.74. The molecule has 0 heterocycles. The standard InChI is InChI=1S/C4H9N.H2O/c5-3-4-1-2-4;/h4H,1-3,5H2;1H2. The van der Waals surface area contributed by atoms with E-state index < -0.39 is 0 Å². The molecule has 0 saturated heterocycles. The molecule has 38 valence electrons. The Morgan fingerprint density at radius 2 is 2.00 bits per heavy atom. The highest BCUT2D eigenvalue weighted by Gasteiger charge is 2.17. The summed E-state index contributed by atoms with van der Waals surface area (Å²) in [7, 11) is 0. The van der Waals surface area contributed by atoms with Gasteiger partial charge in [0.2, 0.25) is 0 Å². The second kappa shape index (κ2) is 2.16. The SMILES string of the molecule is NCC1CC1.O. The number of hydrogen-bond acceptors (Lipinski definition) is 1. The Kier molecular flexibility index (Phi) is 2.13. The van der Waals surface area contributed by atoms with Crippen molar-refractivity contribution in [3.05, 3.63) is 0 Å². The van der Waals surface area contributed by atoms with Gasteiger partial charge in [-0.15, -0.1) is 0 Å². The van der Waals surface area contributed by atoms with Gasteiger partial charge in [-0.3, -0.25) is 0 Å². The van der Waals surface area contributed by atoms with E-state index in [4.69, 9.17) is 5.73 Å². The van der Waals surface area contributed by atoms with E-state index in [1.54, 1.807) is 0 Å². The molecule has 0 radical (unpaired) electrons. The zero-order valence-electron chi connectivity index (χ0n) is 3.78. The van der Waals surface area contributed by atoms with Crippen molar-refractivity contribution in [3.8, 4) is 0 Å². The summed E-state index contributed by atoms with van der Waals surface area (Å²) in [5, 5.41) is 0. The molecular formula is C4H11NO. The number of rotatable bonds is 1. The maximum absolute atomic E-state index is 5.23. The van der Waals surface area contributed by atoms with Crippen LogP contribution in [0.3, 0.4) is 0 Å². The lowest BCUT2D eigenvalue weighted by atomic mass is 10.5. The number of hydrogen-bond donors (Lipinski definition) is 1. The van der Waals surface area contributed by atoms with Gasteiger partial charge >= 0.3 is 0 Å². The Morgan fingerprint density at radius 3 is 2.00 bits per heavy atom. The molecule has 6 heavy (non-hydrogen) atoms. The molecule has 0 unspecified atom stereocenters. The topological polar surface area (TPSA) is 57.5 Å². The quantitative estimate of drug-likeness (QED) is 0.464. The molecule has 1 rings (SSSR count). The predicted molar refractivity (Wildman–Crippen MR) is 25.4 cm³/mol. The molecule has 0 bridgehead atoms.